The van der Waals surface area contributed by atoms with Crippen LogP contribution < -0.4 is 4.74 Å². The van der Waals surface area contributed by atoms with Gasteiger partial charge in [0.15, 0.2) is 0 Å². The van der Waals surface area contributed by atoms with Crippen LogP contribution in [0.4, 0.5) is 13.2 Å². The van der Waals surface area contributed by atoms with Crippen molar-refractivity contribution in [3.8, 4) is 5.75 Å². The van der Waals surface area contributed by atoms with Crippen molar-refractivity contribution in [2.75, 3.05) is 6.54 Å². The van der Waals surface area contributed by atoms with Crippen LogP contribution in [0.15, 0.2) is 30.3 Å². The molecule has 0 aromatic heterocycles. The maximum atomic E-state index is 13.1. The molecule has 2 rings (SSSR count). The molecule has 144 valence electrons. The minimum Gasteiger partial charge on any atom is -0.489 e. The molecule has 1 aromatic carbocycles. The molecule has 0 aliphatic carbocycles. The third-order valence-corrected chi connectivity index (χ3v) is 3.89. The number of ether oxygens (including phenoxy) is 1. The molecule has 1 aliphatic heterocycles. The van der Waals surface area contributed by atoms with Gasteiger partial charge in [0.05, 0.1) is 12.1 Å². The Hall–Kier alpha value is -2.29. The predicted octanol–water partition coefficient (Wildman–Crippen LogP) is 2.70. The fourth-order valence-corrected chi connectivity index (χ4v) is 2.93. The smallest absolute Gasteiger partial charge is 0.472 e. The number of halogens is 3. The van der Waals surface area contributed by atoms with Crippen LogP contribution in [0.3, 0.4) is 0 Å². The van der Waals surface area contributed by atoms with E-state index in [4.69, 9.17) is 4.74 Å². The Morgan fingerprint density at radius 2 is 1.77 bits per heavy atom. The van der Waals surface area contributed by atoms with Crippen LogP contribution in [0, 0.1) is 0 Å². The van der Waals surface area contributed by atoms with Gasteiger partial charge in [-0.1, -0.05) is 18.2 Å². The van der Waals surface area contributed by atoms with Crippen LogP contribution >= 0.6 is 0 Å². The van der Waals surface area contributed by atoms with Gasteiger partial charge in [-0.25, -0.2) is 0 Å². The third kappa shape index (κ3) is 4.46. The van der Waals surface area contributed by atoms with E-state index < -0.39 is 35.7 Å². The number of amides is 1. The van der Waals surface area contributed by atoms with Crippen molar-refractivity contribution in [2.24, 2.45) is 0 Å². The van der Waals surface area contributed by atoms with Gasteiger partial charge in [0.2, 0.25) is 0 Å². The van der Waals surface area contributed by atoms with E-state index in [-0.39, 0.29) is 13.0 Å². The minimum absolute atomic E-state index is 0.0397. The maximum absolute atomic E-state index is 13.1. The Kier molecular flexibility index (Phi) is 5.50. The second kappa shape index (κ2) is 7.14. The van der Waals surface area contributed by atoms with E-state index in [1.807, 2.05) is 0 Å². The highest BCUT2D eigenvalue weighted by Gasteiger charge is 2.53. The molecule has 0 unspecified atom stereocenters. The highest BCUT2D eigenvalue weighted by atomic mass is 19.4. The van der Waals surface area contributed by atoms with E-state index in [2.05, 4.69) is 0 Å². The van der Waals surface area contributed by atoms with Crippen molar-refractivity contribution >= 4 is 11.9 Å². The molecule has 1 aliphatic rings. The average Bonchev–Trinajstić information content (AvgIpc) is 2.89. The van der Waals surface area contributed by atoms with Gasteiger partial charge in [-0.05, 0) is 32.9 Å². The molecule has 1 amide bonds. The van der Waals surface area contributed by atoms with Gasteiger partial charge in [0, 0.05) is 6.42 Å². The predicted molar refractivity (Wildman–Crippen MR) is 86.3 cm³/mol. The van der Waals surface area contributed by atoms with Gasteiger partial charge in [0.1, 0.15) is 17.9 Å². The Balaban J connectivity index is 2.30. The molecule has 1 N–H and O–H groups in total. The number of carbonyl (C=O) groups excluding carboxylic acids is 1. The van der Waals surface area contributed by atoms with Crippen LogP contribution in [-0.2, 0) is 9.59 Å². The molecule has 26 heavy (non-hydrogen) atoms. The van der Waals surface area contributed by atoms with Crippen molar-refractivity contribution in [2.45, 2.75) is 51.1 Å². The molecule has 0 spiro atoms. The summed E-state index contributed by atoms with van der Waals surface area (Å²) < 4.78 is 44.9. The molecule has 0 saturated carbocycles. The summed E-state index contributed by atoms with van der Waals surface area (Å²) in [5, 5.41) is 10.9. The van der Waals surface area contributed by atoms with Gasteiger partial charge in [0.25, 0.3) is 0 Å². The van der Waals surface area contributed by atoms with Gasteiger partial charge in [-0.2, -0.15) is 18.2 Å². The molecule has 0 radical (unpaired) electrons. The Morgan fingerprint density at radius 3 is 2.23 bits per heavy atom. The first-order valence-corrected chi connectivity index (χ1v) is 8.03. The SMILES string of the molecule is CC(C)(C)N(C(=O)C(F)(F)F)N1C[C@@H](Oc2ccccc2)C[C@H]1C(=O)O. The number of carboxylic acid groups (broad SMARTS) is 1. The number of para-hydroxylation sites is 1. The van der Waals surface area contributed by atoms with Gasteiger partial charge < -0.3 is 9.84 Å². The summed E-state index contributed by atoms with van der Waals surface area (Å²) in [7, 11) is 0. The lowest BCUT2D eigenvalue weighted by Crippen LogP contribution is -2.62. The molecule has 0 bridgehead atoms. The average molecular weight is 374 g/mol. The van der Waals surface area contributed by atoms with Crippen molar-refractivity contribution in [1.29, 1.82) is 0 Å². The first-order valence-electron chi connectivity index (χ1n) is 8.03. The highest BCUT2D eigenvalue weighted by molar-refractivity contribution is 5.83. The van der Waals surface area contributed by atoms with E-state index in [1.165, 1.54) is 20.8 Å². The number of carbonyl (C=O) groups is 2. The molecular weight excluding hydrogens is 353 g/mol. The fourth-order valence-electron chi connectivity index (χ4n) is 2.93. The zero-order valence-electron chi connectivity index (χ0n) is 14.7. The number of alkyl halides is 3. The van der Waals surface area contributed by atoms with E-state index >= 15 is 0 Å². The van der Waals surface area contributed by atoms with Crippen LogP contribution in [-0.4, -0.2) is 57.4 Å². The summed E-state index contributed by atoms with van der Waals surface area (Å²) in [4.78, 5) is 23.6. The Bertz CT molecular complexity index is 658. The third-order valence-electron chi connectivity index (χ3n) is 3.89. The quantitative estimate of drug-likeness (QED) is 0.878. The number of carboxylic acids is 1. The monoisotopic (exact) mass is 374 g/mol. The van der Waals surface area contributed by atoms with E-state index in [0.29, 0.717) is 10.8 Å². The second-order valence-corrected chi connectivity index (χ2v) is 7.05. The molecular formula is C17H21F3N2O4. The topological polar surface area (TPSA) is 70.1 Å². The maximum Gasteiger partial charge on any atom is 0.472 e. The number of rotatable bonds is 4. The standard InChI is InChI=1S/C17H21F3N2O4/c1-16(2,3)22(15(25)17(18,19)20)21-10-12(9-13(21)14(23)24)26-11-7-5-4-6-8-11/h4-8,12-13H,9-10H2,1-3H3,(H,23,24)/t12-,13-/m0/s1. The number of hydrogen-bond donors (Lipinski definition) is 1. The summed E-state index contributed by atoms with van der Waals surface area (Å²) >= 11 is 0. The van der Waals surface area contributed by atoms with Crippen molar-refractivity contribution in [3.05, 3.63) is 30.3 Å². The zero-order chi connectivity index (χ0) is 19.7. The summed E-state index contributed by atoms with van der Waals surface area (Å²) in [6.45, 7) is 4.10. The van der Waals surface area contributed by atoms with E-state index in [0.717, 1.165) is 5.01 Å². The molecule has 1 heterocycles. The first kappa shape index (κ1) is 20.0. The van der Waals surface area contributed by atoms with E-state index in [9.17, 15) is 27.9 Å². The van der Waals surface area contributed by atoms with Gasteiger partial charge >= 0.3 is 18.1 Å². The fraction of sp³-hybridized carbons (Fsp3) is 0.529. The molecule has 1 fully saturated rings. The largest absolute Gasteiger partial charge is 0.489 e. The molecule has 2 atom stereocenters. The number of hydrogen-bond acceptors (Lipinski definition) is 4. The van der Waals surface area contributed by atoms with Crippen LogP contribution in [0.5, 0.6) is 5.75 Å². The highest BCUT2D eigenvalue weighted by Crippen LogP contribution is 2.32. The van der Waals surface area contributed by atoms with Gasteiger partial charge in [-0.15, -0.1) is 0 Å². The summed E-state index contributed by atoms with van der Waals surface area (Å²) in [5.74, 6) is -2.93. The lowest BCUT2D eigenvalue weighted by molar-refractivity contribution is -0.216. The minimum atomic E-state index is -5.12. The number of hydrazine groups is 1. The zero-order valence-corrected chi connectivity index (χ0v) is 14.7. The van der Waals surface area contributed by atoms with E-state index in [1.54, 1.807) is 30.3 Å². The number of benzene rings is 1. The van der Waals surface area contributed by atoms with Crippen molar-refractivity contribution in [1.82, 2.24) is 10.0 Å². The first-order chi connectivity index (χ1) is 11.9. The molecule has 1 aromatic rings. The lowest BCUT2D eigenvalue weighted by Gasteiger charge is -2.43. The number of aliphatic carboxylic acids is 1. The normalized spacial score (nSPS) is 21.5. The Labute approximate surface area is 149 Å². The number of nitrogens with zero attached hydrogens (tertiary/aromatic N) is 2. The lowest BCUT2D eigenvalue weighted by atomic mass is 10.1. The van der Waals surface area contributed by atoms with Crippen molar-refractivity contribution < 1.29 is 32.6 Å². The molecule has 6 nitrogen and oxygen atoms in total. The summed E-state index contributed by atoms with van der Waals surface area (Å²) in [6.07, 6.45) is -5.82. The van der Waals surface area contributed by atoms with Crippen LogP contribution in [0.2, 0.25) is 0 Å². The van der Waals surface area contributed by atoms with Gasteiger partial charge in [-0.3, -0.25) is 14.6 Å². The summed E-state index contributed by atoms with van der Waals surface area (Å²) in [5.41, 5.74) is -1.26. The van der Waals surface area contributed by atoms with Crippen molar-refractivity contribution in [3.63, 3.8) is 0 Å². The van der Waals surface area contributed by atoms with Crippen LogP contribution in [0.25, 0.3) is 0 Å². The Morgan fingerprint density at radius 1 is 1.19 bits per heavy atom. The summed E-state index contributed by atoms with van der Waals surface area (Å²) in [6, 6.07) is 7.27. The molecule has 1 saturated heterocycles. The molecule has 9 heteroatoms. The van der Waals surface area contributed by atoms with Crippen LogP contribution in [0.1, 0.15) is 27.2 Å². The second-order valence-electron chi connectivity index (χ2n) is 7.05.